The zero-order valence-corrected chi connectivity index (χ0v) is 13.9. The van der Waals surface area contributed by atoms with E-state index >= 15 is 0 Å². The first-order chi connectivity index (χ1) is 10.2. The van der Waals surface area contributed by atoms with Gasteiger partial charge in [0.15, 0.2) is 0 Å². The van der Waals surface area contributed by atoms with Gasteiger partial charge in [-0.2, -0.15) is 0 Å². The van der Waals surface area contributed by atoms with Crippen LogP contribution in [-0.4, -0.2) is 11.9 Å². The normalized spacial score (nSPS) is 27.0. The molecule has 0 aromatic heterocycles. The van der Waals surface area contributed by atoms with Crippen LogP contribution in [0.1, 0.15) is 56.9 Å². The zero-order valence-electron chi connectivity index (χ0n) is 13.1. The van der Waals surface area contributed by atoms with E-state index < -0.39 is 0 Å². The number of nitrogens with two attached hydrogens (primary N) is 1. The van der Waals surface area contributed by atoms with E-state index in [-0.39, 0.29) is 35.8 Å². The molecule has 3 rings (SSSR count). The SMILES string of the molecule is Cl.NC1CCCC(C(=O)NC2(c3ccccc3)CCCC2)C1. The molecule has 3 nitrogen and oxygen atoms in total. The van der Waals surface area contributed by atoms with Crippen LogP contribution in [0.15, 0.2) is 30.3 Å². The molecule has 0 spiro atoms. The molecule has 0 radical (unpaired) electrons. The van der Waals surface area contributed by atoms with E-state index in [1.54, 1.807) is 0 Å². The first kappa shape index (κ1) is 17.3. The topological polar surface area (TPSA) is 55.1 Å². The van der Waals surface area contributed by atoms with Crippen molar-refractivity contribution in [2.24, 2.45) is 11.7 Å². The molecule has 2 unspecified atom stereocenters. The second kappa shape index (κ2) is 7.47. The molecule has 1 amide bonds. The van der Waals surface area contributed by atoms with Crippen LogP contribution in [-0.2, 0) is 10.3 Å². The molecular formula is C18H27ClN2O. The summed E-state index contributed by atoms with van der Waals surface area (Å²) >= 11 is 0. The van der Waals surface area contributed by atoms with Crippen LogP contribution in [0, 0.1) is 5.92 Å². The molecule has 1 aromatic carbocycles. The van der Waals surface area contributed by atoms with Crippen LogP contribution in [0.5, 0.6) is 0 Å². The van der Waals surface area contributed by atoms with E-state index in [0.29, 0.717) is 0 Å². The summed E-state index contributed by atoms with van der Waals surface area (Å²) in [6.45, 7) is 0. The van der Waals surface area contributed by atoms with Gasteiger partial charge < -0.3 is 11.1 Å². The number of rotatable bonds is 3. The smallest absolute Gasteiger partial charge is 0.223 e. The third-order valence-electron chi connectivity index (χ3n) is 5.23. The molecule has 2 aliphatic carbocycles. The van der Waals surface area contributed by atoms with Crippen molar-refractivity contribution in [1.29, 1.82) is 0 Å². The molecule has 2 atom stereocenters. The summed E-state index contributed by atoms with van der Waals surface area (Å²) in [6, 6.07) is 10.7. The summed E-state index contributed by atoms with van der Waals surface area (Å²) in [7, 11) is 0. The fraction of sp³-hybridized carbons (Fsp3) is 0.611. The van der Waals surface area contributed by atoms with Crippen LogP contribution in [0.3, 0.4) is 0 Å². The lowest BCUT2D eigenvalue weighted by Crippen LogP contribution is -2.48. The minimum absolute atomic E-state index is 0. The molecule has 0 saturated heterocycles. The van der Waals surface area contributed by atoms with E-state index in [1.165, 1.54) is 18.4 Å². The molecule has 2 aliphatic rings. The molecule has 0 bridgehead atoms. The van der Waals surface area contributed by atoms with Gasteiger partial charge in [0.25, 0.3) is 0 Å². The minimum Gasteiger partial charge on any atom is -0.346 e. The number of benzene rings is 1. The summed E-state index contributed by atoms with van der Waals surface area (Å²) in [4.78, 5) is 12.7. The van der Waals surface area contributed by atoms with Crippen LogP contribution >= 0.6 is 12.4 Å². The molecule has 22 heavy (non-hydrogen) atoms. The summed E-state index contributed by atoms with van der Waals surface area (Å²) in [5.74, 6) is 0.325. The summed E-state index contributed by atoms with van der Waals surface area (Å²) < 4.78 is 0. The molecule has 0 aliphatic heterocycles. The second-order valence-corrected chi connectivity index (χ2v) is 6.77. The van der Waals surface area contributed by atoms with Crippen molar-refractivity contribution in [3.63, 3.8) is 0 Å². The van der Waals surface area contributed by atoms with Gasteiger partial charge in [0.05, 0.1) is 5.54 Å². The molecule has 2 fully saturated rings. The molecule has 122 valence electrons. The Balaban J connectivity index is 0.00000176. The van der Waals surface area contributed by atoms with Crippen molar-refractivity contribution in [2.45, 2.75) is 62.9 Å². The zero-order chi connectivity index (χ0) is 14.7. The van der Waals surface area contributed by atoms with Crippen molar-refractivity contribution < 1.29 is 4.79 Å². The van der Waals surface area contributed by atoms with Gasteiger partial charge in [-0.15, -0.1) is 12.4 Å². The lowest BCUT2D eigenvalue weighted by Gasteiger charge is -2.34. The third-order valence-corrected chi connectivity index (χ3v) is 5.23. The van der Waals surface area contributed by atoms with Crippen LogP contribution in [0.25, 0.3) is 0 Å². The highest BCUT2D eigenvalue weighted by molar-refractivity contribution is 5.85. The number of halogens is 1. The fourth-order valence-corrected chi connectivity index (χ4v) is 4.03. The first-order valence-electron chi connectivity index (χ1n) is 8.33. The fourth-order valence-electron chi connectivity index (χ4n) is 4.03. The number of amides is 1. The Hall–Kier alpha value is -1.06. The quantitative estimate of drug-likeness (QED) is 0.894. The lowest BCUT2D eigenvalue weighted by molar-refractivity contribution is -0.128. The van der Waals surface area contributed by atoms with Gasteiger partial charge >= 0.3 is 0 Å². The number of carbonyl (C=O) groups is 1. The monoisotopic (exact) mass is 322 g/mol. The molecular weight excluding hydrogens is 296 g/mol. The largest absolute Gasteiger partial charge is 0.346 e. The predicted molar refractivity (Wildman–Crippen MR) is 91.9 cm³/mol. The molecule has 2 saturated carbocycles. The Kier molecular flexibility index (Phi) is 5.87. The Morgan fingerprint density at radius 3 is 2.41 bits per heavy atom. The number of nitrogens with one attached hydrogen (secondary N) is 1. The number of hydrogen-bond donors (Lipinski definition) is 2. The van der Waals surface area contributed by atoms with Gasteiger partial charge in [-0.25, -0.2) is 0 Å². The highest BCUT2D eigenvalue weighted by atomic mass is 35.5. The second-order valence-electron chi connectivity index (χ2n) is 6.77. The van der Waals surface area contributed by atoms with Gasteiger partial charge in [-0.1, -0.05) is 49.6 Å². The average molecular weight is 323 g/mol. The van der Waals surface area contributed by atoms with Gasteiger partial charge in [0.2, 0.25) is 5.91 Å². The minimum atomic E-state index is -0.139. The van der Waals surface area contributed by atoms with E-state index in [2.05, 4.69) is 29.6 Å². The van der Waals surface area contributed by atoms with E-state index in [1.807, 2.05) is 6.07 Å². The standard InChI is InChI=1S/C18H26N2O.ClH/c19-16-10-6-7-14(13-16)17(21)20-18(11-4-5-12-18)15-8-2-1-3-9-15;/h1-3,8-9,14,16H,4-7,10-13,19H2,(H,20,21);1H. The van der Waals surface area contributed by atoms with Gasteiger partial charge in [0, 0.05) is 12.0 Å². The highest BCUT2D eigenvalue weighted by Crippen LogP contribution is 2.39. The van der Waals surface area contributed by atoms with Gasteiger partial charge in [-0.3, -0.25) is 4.79 Å². The lowest BCUT2D eigenvalue weighted by atomic mass is 9.83. The first-order valence-corrected chi connectivity index (χ1v) is 8.33. The summed E-state index contributed by atoms with van der Waals surface area (Å²) in [6.07, 6.45) is 8.48. The Bertz CT molecular complexity index is 485. The van der Waals surface area contributed by atoms with Gasteiger partial charge in [0.1, 0.15) is 0 Å². The average Bonchev–Trinajstić information content (AvgIpc) is 2.98. The molecule has 4 heteroatoms. The Labute approximate surface area is 139 Å². The van der Waals surface area contributed by atoms with Crippen LogP contribution in [0.2, 0.25) is 0 Å². The summed E-state index contributed by atoms with van der Waals surface area (Å²) in [5, 5.41) is 3.40. The maximum absolute atomic E-state index is 12.7. The van der Waals surface area contributed by atoms with E-state index in [0.717, 1.165) is 38.5 Å². The molecule has 0 heterocycles. The Morgan fingerprint density at radius 1 is 1.09 bits per heavy atom. The van der Waals surface area contributed by atoms with Crippen LogP contribution < -0.4 is 11.1 Å². The Morgan fingerprint density at radius 2 is 1.77 bits per heavy atom. The highest BCUT2D eigenvalue weighted by Gasteiger charge is 2.38. The van der Waals surface area contributed by atoms with Crippen molar-refractivity contribution in [3.05, 3.63) is 35.9 Å². The third kappa shape index (κ3) is 3.64. The van der Waals surface area contributed by atoms with Crippen molar-refractivity contribution in [2.75, 3.05) is 0 Å². The summed E-state index contributed by atoms with van der Waals surface area (Å²) in [5.41, 5.74) is 7.16. The molecule has 1 aromatic rings. The van der Waals surface area contributed by atoms with E-state index in [9.17, 15) is 4.79 Å². The van der Waals surface area contributed by atoms with Crippen molar-refractivity contribution in [3.8, 4) is 0 Å². The molecule has 3 N–H and O–H groups in total. The number of carbonyl (C=O) groups excluding carboxylic acids is 1. The van der Waals surface area contributed by atoms with Crippen molar-refractivity contribution in [1.82, 2.24) is 5.32 Å². The maximum Gasteiger partial charge on any atom is 0.223 e. The van der Waals surface area contributed by atoms with Crippen molar-refractivity contribution >= 4 is 18.3 Å². The number of hydrogen-bond acceptors (Lipinski definition) is 2. The van der Waals surface area contributed by atoms with Crippen LogP contribution in [0.4, 0.5) is 0 Å². The van der Waals surface area contributed by atoms with Gasteiger partial charge in [-0.05, 0) is 37.7 Å². The maximum atomic E-state index is 12.7. The predicted octanol–water partition coefficient (Wildman–Crippen LogP) is 3.51. The van der Waals surface area contributed by atoms with E-state index in [4.69, 9.17) is 5.73 Å².